The third-order valence-corrected chi connectivity index (χ3v) is 12.9. The van der Waals surface area contributed by atoms with Crippen molar-refractivity contribution in [2.45, 2.75) is 274 Å². The molecule has 0 bridgehead atoms. The van der Waals surface area contributed by atoms with Crippen molar-refractivity contribution in [2.24, 2.45) is 0 Å². The Bertz CT molecular complexity index is 1280. The van der Waals surface area contributed by atoms with Crippen LogP contribution in [-0.4, -0.2) is 142 Å². The summed E-state index contributed by atoms with van der Waals surface area (Å²) in [7, 11) is 0. The molecule has 2 rings (SSSR count). The highest BCUT2D eigenvalue weighted by atomic mass is 16.7. The first-order chi connectivity index (χ1) is 33.0. The van der Waals surface area contributed by atoms with Crippen LogP contribution in [0.3, 0.4) is 0 Å². The molecule has 15 heteroatoms. The van der Waals surface area contributed by atoms with Crippen LogP contribution in [0.2, 0.25) is 0 Å². The standard InChI is InChI=1S/C53H96O15/c1-3-5-7-9-11-13-15-17-19-20-22-24-26-28-30-32-34-36-45(56)66-41(38-63-44(55)35-33-31-29-27-25-23-21-18-16-14-12-10-8-6-4-2)39-64-52-51(62)49(60)47(58)43(68-52)40-65-53-50(61)48(59)46(57)42(37-54)67-53/h10,12-13,15,41-43,46-54,57-62H,3-9,11,14,16-40H2,1-2H3/b12-10+,15-13+/t41-,42+,43+,46-,47-,48?,49?,50?,51?,52+,53+/m1/s1. The van der Waals surface area contributed by atoms with E-state index in [1.165, 1.54) is 116 Å². The molecule has 11 atom stereocenters. The normalized spacial score (nSPS) is 25.9. The average Bonchev–Trinajstić information content (AvgIpc) is 3.33. The van der Waals surface area contributed by atoms with Gasteiger partial charge in [0, 0.05) is 12.8 Å². The quantitative estimate of drug-likeness (QED) is 0.0175. The molecule has 0 aromatic carbocycles. The number of hydrogen-bond acceptors (Lipinski definition) is 15. The zero-order chi connectivity index (χ0) is 49.6. The topological polar surface area (TPSA) is 231 Å². The summed E-state index contributed by atoms with van der Waals surface area (Å²) in [5, 5.41) is 72.1. The molecule has 2 saturated heterocycles. The fourth-order valence-electron chi connectivity index (χ4n) is 8.43. The summed E-state index contributed by atoms with van der Waals surface area (Å²) in [6.07, 6.45) is 24.8. The predicted molar refractivity (Wildman–Crippen MR) is 261 cm³/mol. The number of rotatable bonds is 42. The summed E-state index contributed by atoms with van der Waals surface area (Å²) in [6.45, 7) is 2.57. The van der Waals surface area contributed by atoms with Crippen molar-refractivity contribution in [3.63, 3.8) is 0 Å². The van der Waals surface area contributed by atoms with Crippen LogP contribution in [0, 0.1) is 0 Å². The van der Waals surface area contributed by atoms with Crippen molar-refractivity contribution in [1.29, 1.82) is 0 Å². The lowest BCUT2D eigenvalue weighted by atomic mass is 9.98. The average molecular weight is 973 g/mol. The summed E-state index contributed by atoms with van der Waals surface area (Å²) in [5.74, 6) is -0.923. The number of aliphatic hydroxyl groups is 7. The number of esters is 2. The summed E-state index contributed by atoms with van der Waals surface area (Å²) >= 11 is 0. The van der Waals surface area contributed by atoms with Crippen molar-refractivity contribution in [2.75, 3.05) is 26.4 Å². The zero-order valence-corrected chi connectivity index (χ0v) is 42.1. The van der Waals surface area contributed by atoms with Gasteiger partial charge in [-0.1, -0.05) is 160 Å². The summed E-state index contributed by atoms with van der Waals surface area (Å²) in [4.78, 5) is 25.8. The molecule has 0 spiro atoms. The fraction of sp³-hybridized carbons (Fsp3) is 0.887. The van der Waals surface area contributed by atoms with Gasteiger partial charge in [0.05, 0.1) is 19.8 Å². The van der Waals surface area contributed by atoms with E-state index in [4.69, 9.17) is 28.4 Å². The third-order valence-electron chi connectivity index (χ3n) is 12.9. The van der Waals surface area contributed by atoms with E-state index in [0.29, 0.717) is 12.8 Å². The molecule has 0 saturated carbocycles. The Morgan fingerprint density at radius 2 is 0.853 bits per heavy atom. The van der Waals surface area contributed by atoms with Crippen molar-refractivity contribution in [3.05, 3.63) is 24.3 Å². The molecule has 2 fully saturated rings. The molecule has 0 radical (unpaired) electrons. The van der Waals surface area contributed by atoms with Gasteiger partial charge in [0.2, 0.25) is 0 Å². The first-order valence-corrected chi connectivity index (χ1v) is 26.9. The predicted octanol–water partition coefficient (Wildman–Crippen LogP) is 7.94. The Labute approximate surface area is 409 Å². The number of carbonyl (C=O) groups excluding carboxylic acids is 2. The molecule has 0 aromatic rings. The van der Waals surface area contributed by atoms with E-state index in [9.17, 15) is 45.3 Å². The zero-order valence-electron chi connectivity index (χ0n) is 42.1. The largest absolute Gasteiger partial charge is 0.462 e. The minimum atomic E-state index is -1.76. The first kappa shape index (κ1) is 62.1. The Hall–Kier alpha value is -2.02. The maximum atomic E-state index is 13.0. The molecule has 398 valence electrons. The van der Waals surface area contributed by atoms with Gasteiger partial charge < -0.3 is 64.2 Å². The molecule has 0 aromatic heterocycles. The second kappa shape index (κ2) is 40.6. The lowest BCUT2D eigenvalue weighted by Gasteiger charge is -2.42. The second-order valence-electron chi connectivity index (χ2n) is 19.0. The summed E-state index contributed by atoms with van der Waals surface area (Å²) in [6, 6.07) is 0. The smallest absolute Gasteiger partial charge is 0.306 e. The van der Waals surface area contributed by atoms with Gasteiger partial charge in [0.15, 0.2) is 18.7 Å². The maximum Gasteiger partial charge on any atom is 0.306 e. The van der Waals surface area contributed by atoms with Gasteiger partial charge in [0.1, 0.15) is 55.4 Å². The molecular formula is C53H96O15. The van der Waals surface area contributed by atoms with Crippen molar-refractivity contribution < 1.29 is 73.8 Å². The highest BCUT2D eigenvalue weighted by Crippen LogP contribution is 2.26. The molecule has 4 unspecified atom stereocenters. The van der Waals surface area contributed by atoms with E-state index < -0.39 is 92.7 Å². The van der Waals surface area contributed by atoms with Gasteiger partial charge in [-0.05, 0) is 57.8 Å². The van der Waals surface area contributed by atoms with Crippen LogP contribution in [0.4, 0.5) is 0 Å². The van der Waals surface area contributed by atoms with Crippen LogP contribution < -0.4 is 0 Å². The monoisotopic (exact) mass is 973 g/mol. The van der Waals surface area contributed by atoms with Crippen LogP contribution >= 0.6 is 0 Å². The minimum Gasteiger partial charge on any atom is -0.462 e. The van der Waals surface area contributed by atoms with Crippen LogP contribution in [-0.2, 0) is 38.0 Å². The Kier molecular flexibility index (Phi) is 37.0. The van der Waals surface area contributed by atoms with Gasteiger partial charge in [0.25, 0.3) is 0 Å². The SMILES string of the molecule is CCCC/C=C/CCCCCCCCCCCC(=O)OC[C@H](CO[C@H]1O[C@@H](CO[C@H]2O[C@@H](CO)[C@@H](O)C(O)C2O)[C@@H](O)C(O)C1O)OC(=O)CCCCCCCCCCC/C=C/CCCCCC. The van der Waals surface area contributed by atoms with Crippen LogP contribution in [0.1, 0.15) is 206 Å². The van der Waals surface area contributed by atoms with Gasteiger partial charge in [-0.3, -0.25) is 9.59 Å². The van der Waals surface area contributed by atoms with E-state index in [-0.39, 0.29) is 26.1 Å². The molecule has 2 heterocycles. The van der Waals surface area contributed by atoms with Crippen LogP contribution in [0.25, 0.3) is 0 Å². The van der Waals surface area contributed by atoms with E-state index in [2.05, 4.69) is 38.2 Å². The molecule has 7 N–H and O–H groups in total. The van der Waals surface area contributed by atoms with Gasteiger partial charge in [-0.2, -0.15) is 0 Å². The van der Waals surface area contributed by atoms with Gasteiger partial charge in [-0.25, -0.2) is 0 Å². The lowest BCUT2D eigenvalue weighted by Crippen LogP contribution is -2.61. The van der Waals surface area contributed by atoms with E-state index in [1.807, 2.05) is 0 Å². The van der Waals surface area contributed by atoms with Crippen LogP contribution in [0.5, 0.6) is 0 Å². The number of unbranched alkanes of at least 4 members (excludes halogenated alkanes) is 24. The number of ether oxygens (including phenoxy) is 6. The molecular weight excluding hydrogens is 877 g/mol. The molecule has 15 nitrogen and oxygen atoms in total. The maximum absolute atomic E-state index is 13.0. The molecule has 0 amide bonds. The van der Waals surface area contributed by atoms with E-state index in [1.54, 1.807) is 0 Å². The highest BCUT2D eigenvalue weighted by Gasteiger charge is 2.47. The Balaban J connectivity index is 1.79. The fourth-order valence-corrected chi connectivity index (χ4v) is 8.43. The Morgan fingerprint density at radius 3 is 1.34 bits per heavy atom. The highest BCUT2D eigenvalue weighted by molar-refractivity contribution is 5.70. The first-order valence-electron chi connectivity index (χ1n) is 26.9. The molecule has 68 heavy (non-hydrogen) atoms. The van der Waals surface area contributed by atoms with E-state index in [0.717, 1.165) is 51.4 Å². The number of allylic oxidation sites excluding steroid dienone is 4. The molecule has 0 aliphatic carbocycles. The second-order valence-corrected chi connectivity index (χ2v) is 19.0. The molecule has 2 aliphatic heterocycles. The van der Waals surface area contributed by atoms with Crippen molar-refractivity contribution in [3.8, 4) is 0 Å². The molecule has 2 aliphatic rings. The lowest BCUT2D eigenvalue weighted by molar-refractivity contribution is -0.332. The van der Waals surface area contributed by atoms with Crippen LogP contribution in [0.15, 0.2) is 24.3 Å². The number of aliphatic hydroxyl groups excluding tert-OH is 7. The third kappa shape index (κ3) is 28.1. The summed E-state index contributed by atoms with van der Waals surface area (Å²) in [5.41, 5.74) is 0. The summed E-state index contributed by atoms with van der Waals surface area (Å²) < 4.78 is 33.6. The minimum absolute atomic E-state index is 0.165. The van der Waals surface area contributed by atoms with Gasteiger partial charge >= 0.3 is 11.9 Å². The Morgan fingerprint density at radius 1 is 0.456 bits per heavy atom. The number of hydrogen-bond donors (Lipinski definition) is 7. The van der Waals surface area contributed by atoms with Gasteiger partial charge in [-0.15, -0.1) is 0 Å². The van der Waals surface area contributed by atoms with Crippen molar-refractivity contribution >= 4 is 11.9 Å². The van der Waals surface area contributed by atoms with E-state index >= 15 is 0 Å². The number of carbonyl (C=O) groups is 2. The van der Waals surface area contributed by atoms with Crippen molar-refractivity contribution in [1.82, 2.24) is 0 Å².